The SMILES string of the molecule is CN(C)CCCN(C)c1cc(C(=O)O)cc(Cl)n1. The van der Waals surface area contributed by atoms with Crippen molar-refractivity contribution in [1.29, 1.82) is 0 Å². The van der Waals surface area contributed by atoms with Crippen LogP contribution in [-0.4, -0.2) is 55.2 Å². The topological polar surface area (TPSA) is 56.7 Å². The Morgan fingerprint density at radius 1 is 1.33 bits per heavy atom. The Morgan fingerprint density at radius 2 is 2.00 bits per heavy atom. The van der Waals surface area contributed by atoms with Crippen molar-refractivity contribution >= 4 is 23.4 Å². The zero-order chi connectivity index (χ0) is 13.7. The molecule has 0 bridgehead atoms. The van der Waals surface area contributed by atoms with Crippen LogP contribution in [0.3, 0.4) is 0 Å². The minimum Gasteiger partial charge on any atom is -0.478 e. The molecule has 0 saturated carbocycles. The number of nitrogens with zero attached hydrogens (tertiary/aromatic N) is 3. The number of carbonyl (C=O) groups is 1. The number of hydrogen-bond donors (Lipinski definition) is 1. The van der Waals surface area contributed by atoms with Crippen molar-refractivity contribution in [2.45, 2.75) is 6.42 Å². The first-order valence-electron chi connectivity index (χ1n) is 5.67. The van der Waals surface area contributed by atoms with Gasteiger partial charge in [-0.15, -0.1) is 0 Å². The average Bonchev–Trinajstić information content (AvgIpc) is 2.27. The number of rotatable bonds is 6. The zero-order valence-electron chi connectivity index (χ0n) is 10.9. The second-order valence-corrected chi connectivity index (χ2v) is 4.81. The maximum Gasteiger partial charge on any atom is 0.335 e. The summed E-state index contributed by atoms with van der Waals surface area (Å²) in [5.74, 6) is -0.416. The minimum atomic E-state index is -0.998. The normalized spacial score (nSPS) is 10.7. The molecule has 0 saturated heterocycles. The molecule has 1 rings (SSSR count). The van der Waals surface area contributed by atoms with Crippen molar-refractivity contribution in [3.05, 3.63) is 22.8 Å². The van der Waals surface area contributed by atoms with Crippen molar-refractivity contribution in [3.63, 3.8) is 0 Å². The van der Waals surface area contributed by atoms with Crippen molar-refractivity contribution in [3.8, 4) is 0 Å². The molecular weight excluding hydrogens is 254 g/mol. The minimum absolute atomic E-state index is 0.157. The van der Waals surface area contributed by atoms with Gasteiger partial charge in [-0.25, -0.2) is 9.78 Å². The predicted molar refractivity (Wildman–Crippen MR) is 72.6 cm³/mol. The molecule has 1 N–H and O–H groups in total. The molecule has 0 aliphatic heterocycles. The standard InChI is InChI=1S/C12H18ClN3O2/c1-15(2)5-4-6-16(3)11-8-9(12(17)18)7-10(13)14-11/h7-8H,4-6H2,1-3H3,(H,17,18). The highest BCUT2D eigenvalue weighted by molar-refractivity contribution is 6.29. The molecule has 0 unspecified atom stereocenters. The number of halogens is 1. The quantitative estimate of drug-likeness (QED) is 0.800. The van der Waals surface area contributed by atoms with E-state index in [2.05, 4.69) is 9.88 Å². The predicted octanol–water partition coefficient (Wildman–Crippen LogP) is 1.82. The lowest BCUT2D eigenvalue weighted by molar-refractivity contribution is 0.0697. The van der Waals surface area contributed by atoms with Crippen LogP contribution < -0.4 is 4.90 Å². The van der Waals surface area contributed by atoms with Crippen LogP contribution in [-0.2, 0) is 0 Å². The van der Waals surface area contributed by atoms with Crippen LogP contribution in [0.4, 0.5) is 5.82 Å². The Hall–Kier alpha value is -1.33. The molecule has 0 aliphatic rings. The van der Waals surface area contributed by atoms with Gasteiger partial charge >= 0.3 is 5.97 Å². The highest BCUT2D eigenvalue weighted by atomic mass is 35.5. The van der Waals surface area contributed by atoms with E-state index in [1.807, 2.05) is 26.0 Å². The zero-order valence-corrected chi connectivity index (χ0v) is 11.6. The summed E-state index contributed by atoms with van der Waals surface area (Å²) >= 11 is 5.81. The first-order valence-corrected chi connectivity index (χ1v) is 6.04. The van der Waals surface area contributed by atoms with E-state index in [1.54, 1.807) is 0 Å². The summed E-state index contributed by atoms with van der Waals surface area (Å²) < 4.78 is 0. The first-order chi connectivity index (χ1) is 8.40. The van der Waals surface area contributed by atoms with E-state index in [4.69, 9.17) is 16.7 Å². The molecule has 5 nitrogen and oxygen atoms in total. The molecule has 0 fully saturated rings. The van der Waals surface area contributed by atoms with E-state index in [9.17, 15) is 4.79 Å². The molecule has 0 radical (unpaired) electrons. The first kappa shape index (κ1) is 14.7. The lowest BCUT2D eigenvalue weighted by Gasteiger charge is -2.19. The Balaban J connectivity index is 2.73. The molecule has 0 aliphatic carbocycles. The van der Waals surface area contributed by atoms with Gasteiger partial charge < -0.3 is 14.9 Å². The number of aromatic nitrogens is 1. The molecule has 100 valence electrons. The van der Waals surface area contributed by atoms with E-state index in [1.165, 1.54) is 12.1 Å². The second-order valence-electron chi connectivity index (χ2n) is 4.42. The molecule has 0 spiro atoms. The fraction of sp³-hybridized carbons (Fsp3) is 0.500. The lowest BCUT2D eigenvalue weighted by Crippen LogP contribution is -2.24. The molecule has 6 heteroatoms. The Labute approximate surface area is 112 Å². The summed E-state index contributed by atoms with van der Waals surface area (Å²) in [7, 11) is 5.90. The van der Waals surface area contributed by atoms with Crippen LogP contribution in [0, 0.1) is 0 Å². The van der Waals surface area contributed by atoms with Crippen LogP contribution in [0.1, 0.15) is 16.8 Å². The number of anilines is 1. The number of aromatic carboxylic acids is 1. The summed E-state index contributed by atoms with van der Waals surface area (Å²) in [6, 6.07) is 2.88. The highest BCUT2D eigenvalue weighted by Gasteiger charge is 2.10. The summed E-state index contributed by atoms with van der Waals surface area (Å²) in [6.45, 7) is 1.77. The second kappa shape index (κ2) is 6.56. The molecule has 1 aromatic rings. The molecule has 0 amide bonds. The van der Waals surface area contributed by atoms with Gasteiger partial charge in [0, 0.05) is 13.6 Å². The van der Waals surface area contributed by atoms with Gasteiger partial charge in [-0.05, 0) is 39.2 Å². The fourth-order valence-electron chi connectivity index (χ4n) is 1.54. The average molecular weight is 272 g/mol. The third kappa shape index (κ3) is 4.50. The Kier molecular flexibility index (Phi) is 5.37. The number of hydrogen-bond acceptors (Lipinski definition) is 4. The molecule has 0 atom stereocenters. The van der Waals surface area contributed by atoms with Gasteiger partial charge in [0.15, 0.2) is 0 Å². The van der Waals surface area contributed by atoms with Crippen LogP contribution in [0.25, 0.3) is 0 Å². The van der Waals surface area contributed by atoms with Crippen molar-refractivity contribution in [1.82, 2.24) is 9.88 Å². The summed E-state index contributed by atoms with van der Waals surface area (Å²) in [4.78, 5) is 19.1. The van der Waals surface area contributed by atoms with E-state index < -0.39 is 5.97 Å². The van der Waals surface area contributed by atoms with Crippen LogP contribution >= 0.6 is 11.6 Å². The molecule has 1 aromatic heterocycles. The molecule has 18 heavy (non-hydrogen) atoms. The fourth-order valence-corrected chi connectivity index (χ4v) is 1.74. The van der Waals surface area contributed by atoms with Gasteiger partial charge in [-0.2, -0.15) is 0 Å². The third-order valence-electron chi connectivity index (χ3n) is 2.52. The Bertz CT molecular complexity index is 424. The number of pyridine rings is 1. The van der Waals surface area contributed by atoms with E-state index in [-0.39, 0.29) is 10.7 Å². The third-order valence-corrected chi connectivity index (χ3v) is 2.71. The van der Waals surface area contributed by atoms with Crippen molar-refractivity contribution < 1.29 is 9.90 Å². The van der Waals surface area contributed by atoms with E-state index >= 15 is 0 Å². The molecule has 1 heterocycles. The monoisotopic (exact) mass is 271 g/mol. The maximum atomic E-state index is 10.9. The largest absolute Gasteiger partial charge is 0.478 e. The Morgan fingerprint density at radius 3 is 2.56 bits per heavy atom. The summed E-state index contributed by atoms with van der Waals surface area (Å²) in [5, 5.41) is 9.15. The molecular formula is C12H18ClN3O2. The summed E-state index contributed by atoms with van der Waals surface area (Å²) in [5.41, 5.74) is 0.157. The van der Waals surface area contributed by atoms with Crippen LogP contribution in [0.5, 0.6) is 0 Å². The van der Waals surface area contributed by atoms with Crippen molar-refractivity contribution in [2.24, 2.45) is 0 Å². The van der Waals surface area contributed by atoms with E-state index in [0.29, 0.717) is 5.82 Å². The van der Waals surface area contributed by atoms with Gasteiger partial charge in [-0.1, -0.05) is 11.6 Å². The van der Waals surface area contributed by atoms with Crippen molar-refractivity contribution in [2.75, 3.05) is 39.1 Å². The highest BCUT2D eigenvalue weighted by Crippen LogP contribution is 2.17. The lowest BCUT2D eigenvalue weighted by atomic mass is 10.2. The van der Waals surface area contributed by atoms with Gasteiger partial charge in [0.2, 0.25) is 0 Å². The maximum absolute atomic E-state index is 10.9. The number of carboxylic acids is 1. The summed E-state index contributed by atoms with van der Waals surface area (Å²) in [6.07, 6.45) is 0.972. The number of carboxylic acid groups (broad SMARTS) is 1. The van der Waals surface area contributed by atoms with Gasteiger partial charge in [0.1, 0.15) is 11.0 Å². The van der Waals surface area contributed by atoms with Crippen LogP contribution in [0.15, 0.2) is 12.1 Å². The smallest absolute Gasteiger partial charge is 0.335 e. The van der Waals surface area contributed by atoms with E-state index in [0.717, 1.165) is 19.5 Å². The van der Waals surface area contributed by atoms with Gasteiger partial charge in [-0.3, -0.25) is 0 Å². The van der Waals surface area contributed by atoms with Crippen LogP contribution in [0.2, 0.25) is 5.15 Å². The molecule has 0 aromatic carbocycles. The van der Waals surface area contributed by atoms with Gasteiger partial charge in [0.05, 0.1) is 5.56 Å². The van der Waals surface area contributed by atoms with Gasteiger partial charge in [0.25, 0.3) is 0 Å².